The molecular formula is C25H36F3N3O5S. The molecule has 208 valence electrons. The van der Waals surface area contributed by atoms with Gasteiger partial charge in [-0.25, -0.2) is 13.2 Å². The summed E-state index contributed by atoms with van der Waals surface area (Å²) in [5.74, 6) is -0.407. The molecule has 1 saturated heterocycles. The highest BCUT2D eigenvalue weighted by atomic mass is 32.2. The van der Waals surface area contributed by atoms with E-state index in [1.165, 1.54) is 16.3 Å². The second-order valence-corrected chi connectivity index (χ2v) is 12.8. The number of ether oxygens (including phenoxy) is 1. The Morgan fingerprint density at radius 3 is 2.30 bits per heavy atom. The zero-order valence-corrected chi connectivity index (χ0v) is 22.7. The number of likely N-dealkylation sites (N-methyl/N-ethyl adjacent to an activating group) is 1. The van der Waals surface area contributed by atoms with Crippen molar-refractivity contribution in [3.05, 3.63) is 29.8 Å². The van der Waals surface area contributed by atoms with Crippen LogP contribution in [0.1, 0.15) is 58.9 Å². The molecule has 1 aliphatic carbocycles. The smallest absolute Gasteiger partial charge is 0.416 e. The van der Waals surface area contributed by atoms with Crippen LogP contribution in [0.3, 0.4) is 0 Å². The highest BCUT2D eigenvalue weighted by Gasteiger charge is 2.47. The molecule has 12 heteroatoms. The van der Waals surface area contributed by atoms with Crippen LogP contribution >= 0.6 is 0 Å². The number of sulfonamides is 1. The van der Waals surface area contributed by atoms with Gasteiger partial charge in [-0.05, 0) is 76.1 Å². The van der Waals surface area contributed by atoms with Crippen LogP contribution in [0.5, 0.6) is 0 Å². The predicted octanol–water partition coefficient (Wildman–Crippen LogP) is 4.26. The molecule has 4 atom stereocenters. The van der Waals surface area contributed by atoms with Gasteiger partial charge < -0.3 is 10.1 Å². The lowest BCUT2D eigenvalue weighted by molar-refractivity contribution is -0.137. The number of amides is 2. The fraction of sp³-hybridized carbons (Fsp3) is 0.680. The van der Waals surface area contributed by atoms with E-state index in [9.17, 15) is 31.2 Å². The van der Waals surface area contributed by atoms with Crippen LogP contribution in [-0.4, -0.2) is 67.4 Å². The van der Waals surface area contributed by atoms with Crippen molar-refractivity contribution in [3.8, 4) is 0 Å². The Kier molecular flexibility index (Phi) is 8.53. The molecule has 0 aromatic heterocycles. The molecule has 37 heavy (non-hydrogen) atoms. The number of nitrogens with one attached hydrogen (secondary N) is 1. The van der Waals surface area contributed by atoms with Gasteiger partial charge in [-0.1, -0.05) is 13.3 Å². The number of halogens is 3. The van der Waals surface area contributed by atoms with Gasteiger partial charge >= 0.3 is 12.3 Å². The van der Waals surface area contributed by atoms with E-state index in [0.29, 0.717) is 19.3 Å². The Labute approximate surface area is 216 Å². The Morgan fingerprint density at radius 2 is 1.76 bits per heavy atom. The van der Waals surface area contributed by atoms with Crippen LogP contribution in [0.25, 0.3) is 0 Å². The maximum Gasteiger partial charge on any atom is 0.416 e. The lowest BCUT2D eigenvalue weighted by Gasteiger charge is -2.31. The average Bonchev–Trinajstić information content (AvgIpc) is 3.38. The molecule has 2 fully saturated rings. The summed E-state index contributed by atoms with van der Waals surface area (Å²) in [7, 11) is -2.45. The fourth-order valence-corrected chi connectivity index (χ4v) is 6.61. The zero-order valence-electron chi connectivity index (χ0n) is 21.8. The molecule has 0 radical (unpaired) electrons. The van der Waals surface area contributed by atoms with Crippen molar-refractivity contribution in [1.82, 2.24) is 14.5 Å². The molecule has 1 unspecified atom stereocenters. The van der Waals surface area contributed by atoms with Gasteiger partial charge in [0.2, 0.25) is 15.9 Å². The standard InChI is InChI=1S/C25H36F3N3O5S/c1-6-7-21(30(5)23(33)36-24(2,3)4)22(32)29-20-13-8-16-14-31(15-19(16)20)37(34,35)18-11-9-17(10-12-18)25(26,27)28/h9-12,16,19-21H,6-8,13-15H2,1-5H3,(H,29,32)/t16-,19+,20+,21?/m1/s1. The third-order valence-electron chi connectivity index (χ3n) is 6.98. The minimum absolute atomic E-state index is 0.0303. The van der Waals surface area contributed by atoms with E-state index in [-0.39, 0.29) is 41.8 Å². The second kappa shape index (κ2) is 10.8. The third-order valence-corrected chi connectivity index (χ3v) is 8.83. The normalized spacial score (nSPS) is 23.4. The number of benzene rings is 1. The van der Waals surface area contributed by atoms with E-state index < -0.39 is 39.5 Å². The van der Waals surface area contributed by atoms with Crippen LogP contribution in [0.4, 0.5) is 18.0 Å². The molecule has 1 saturated carbocycles. The van der Waals surface area contributed by atoms with Gasteiger partial charge in [0.25, 0.3) is 0 Å². The summed E-state index contributed by atoms with van der Waals surface area (Å²) in [5, 5.41) is 3.03. The fourth-order valence-electron chi connectivity index (χ4n) is 5.08. The third kappa shape index (κ3) is 6.76. The molecule has 1 aromatic carbocycles. The maximum absolute atomic E-state index is 13.2. The van der Waals surface area contributed by atoms with Crippen LogP contribution in [-0.2, 0) is 25.7 Å². The van der Waals surface area contributed by atoms with Gasteiger partial charge in [0.15, 0.2) is 0 Å². The number of hydrogen-bond acceptors (Lipinski definition) is 5. The molecule has 0 spiro atoms. The summed E-state index contributed by atoms with van der Waals surface area (Å²) in [4.78, 5) is 26.9. The topological polar surface area (TPSA) is 96.0 Å². The van der Waals surface area contributed by atoms with E-state index in [2.05, 4.69) is 5.32 Å². The van der Waals surface area contributed by atoms with Crippen molar-refractivity contribution in [3.63, 3.8) is 0 Å². The van der Waals surface area contributed by atoms with E-state index in [1.807, 2.05) is 6.92 Å². The van der Waals surface area contributed by atoms with Gasteiger partial charge in [0, 0.05) is 26.2 Å². The van der Waals surface area contributed by atoms with Crippen LogP contribution in [0.15, 0.2) is 29.2 Å². The van der Waals surface area contributed by atoms with E-state index in [4.69, 9.17) is 4.74 Å². The molecule has 3 rings (SSSR count). The maximum atomic E-state index is 13.2. The van der Waals surface area contributed by atoms with Crippen molar-refractivity contribution in [2.45, 2.75) is 82.1 Å². The van der Waals surface area contributed by atoms with Gasteiger partial charge in [0.05, 0.1) is 10.5 Å². The highest BCUT2D eigenvalue weighted by molar-refractivity contribution is 7.89. The summed E-state index contributed by atoms with van der Waals surface area (Å²) >= 11 is 0. The first-order valence-corrected chi connectivity index (χ1v) is 13.9. The molecule has 1 aromatic rings. The molecule has 1 heterocycles. The largest absolute Gasteiger partial charge is 0.444 e. The minimum Gasteiger partial charge on any atom is -0.444 e. The van der Waals surface area contributed by atoms with Crippen molar-refractivity contribution in [2.24, 2.45) is 11.8 Å². The van der Waals surface area contributed by atoms with E-state index in [0.717, 1.165) is 30.7 Å². The van der Waals surface area contributed by atoms with Gasteiger partial charge in [0.1, 0.15) is 11.6 Å². The Hall–Kier alpha value is -2.34. The molecule has 0 bridgehead atoms. The predicted molar refractivity (Wildman–Crippen MR) is 131 cm³/mol. The minimum atomic E-state index is -4.55. The number of alkyl halides is 3. The number of fused-ring (bicyclic) bond motifs is 1. The first kappa shape index (κ1) is 29.2. The number of carbonyl (C=O) groups is 2. The first-order chi connectivity index (χ1) is 17.0. The summed E-state index contributed by atoms with van der Waals surface area (Å²) in [6, 6.07) is 2.49. The molecule has 2 aliphatic rings. The Balaban J connectivity index is 1.68. The first-order valence-electron chi connectivity index (χ1n) is 12.5. The van der Waals surface area contributed by atoms with Crippen molar-refractivity contribution in [1.29, 1.82) is 0 Å². The second-order valence-electron chi connectivity index (χ2n) is 10.9. The van der Waals surface area contributed by atoms with Crippen molar-refractivity contribution >= 4 is 22.0 Å². The van der Waals surface area contributed by atoms with E-state index in [1.54, 1.807) is 20.8 Å². The van der Waals surface area contributed by atoms with Gasteiger partial charge in [-0.2, -0.15) is 17.5 Å². The summed E-state index contributed by atoms with van der Waals surface area (Å²) in [6.07, 6.45) is -2.64. The molecule has 1 N–H and O–H groups in total. The van der Waals surface area contributed by atoms with Crippen molar-refractivity contribution in [2.75, 3.05) is 20.1 Å². The van der Waals surface area contributed by atoms with Crippen LogP contribution < -0.4 is 5.32 Å². The summed E-state index contributed by atoms with van der Waals surface area (Å²) < 4.78 is 71.6. The average molecular weight is 548 g/mol. The molecular weight excluding hydrogens is 511 g/mol. The van der Waals surface area contributed by atoms with Gasteiger partial charge in [-0.15, -0.1) is 0 Å². The highest BCUT2D eigenvalue weighted by Crippen LogP contribution is 2.40. The van der Waals surface area contributed by atoms with E-state index >= 15 is 0 Å². The zero-order chi connectivity index (χ0) is 27.8. The number of rotatable bonds is 7. The summed E-state index contributed by atoms with van der Waals surface area (Å²) in [5.41, 5.74) is -1.62. The van der Waals surface area contributed by atoms with Crippen LogP contribution in [0, 0.1) is 11.8 Å². The molecule has 8 nitrogen and oxygen atoms in total. The SMILES string of the molecule is CCCC(C(=O)N[C@H]1CC[C@@H]2CN(S(=O)(=O)c3ccc(C(F)(F)F)cc3)C[C@@H]21)N(C)C(=O)OC(C)(C)C. The number of carbonyl (C=O) groups excluding carboxylic acids is 2. The summed E-state index contributed by atoms with van der Waals surface area (Å²) in [6.45, 7) is 7.57. The monoisotopic (exact) mass is 547 g/mol. The Morgan fingerprint density at radius 1 is 1.14 bits per heavy atom. The molecule has 2 amide bonds. The van der Waals surface area contributed by atoms with Crippen molar-refractivity contribution < 1.29 is 35.9 Å². The molecule has 1 aliphatic heterocycles. The Bertz CT molecular complexity index is 1090. The lowest BCUT2D eigenvalue weighted by Crippen LogP contribution is -2.52. The number of hydrogen-bond donors (Lipinski definition) is 1. The lowest BCUT2D eigenvalue weighted by atomic mass is 9.97. The van der Waals surface area contributed by atoms with Gasteiger partial charge in [-0.3, -0.25) is 9.69 Å². The quantitative estimate of drug-likeness (QED) is 0.551. The van der Waals surface area contributed by atoms with Crippen LogP contribution in [0.2, 0.25) is 0 Å². The number of nitrogens with zero attached hydrogens (tertiary/aromatic N) is 2.